The Morgan fingerprint density at radius 3 is 2.16 bits per heavy atom. The van der Waals surface area contributed by atoms with Crippen molar-refractivity contribution in [3.05, 3.63) is 134 Å². The lowest BCUT2D eigenvalue weighted by atomic mass is 10.0. The lowest BCUT2D eigenvalue weighted by Gasteiger charge is -2.12. The van der Waals surface area contributed by atoms with E-state index in [1.807, 2.05) is 42.9 Å². The SMILES string of the molecule is c1ccc(-c2cc(-c3cccc(-n4c5ccccc5c5ccncc54)c3)nc(-c3ccccn3)c2)cc1. The van der Waals surface area contributed by atoms with Crippen molar-refractivity contribution in [2.75, 3.05) is 0 Å². The van der Waals surface area contributed by atoms with Gasteiger partial charge in [0.25, 0.3) is 0 Å². The van der Waals surface area contributed by atoms with Crippen molar-refractivity contribution in [3.8, 4) is 39.5 Å². The monoisotopic (exact) mass is 474 g/mol. The Morgan fingerprint density at radius 1 is 0.486 bits per heavy atom. The predicted octanol–water partition coefficient (Wildman–Crippen LogP) is 7.97. The van der Waals surface area contributed by atoms with Crippen molar-refractivity contribution in [1.82, 2.24) is 19.5 Å². The fourth-order valence-corrected chi connectivity index (χ4v) is 5.02. The maximum Gasteiger partial charge on any atom is 0.0899 e. The summed E-state index contributed by atoms with van der Waals surface area (Å²) >= 11 is 0. The first-order valence-corrected chi connectivity index (χ1v) is 12.3. The minimum atomic E-state index is 0.850. The lowest BCUT2D eigenvalue weighted by Crippen LogP contribution is -1.96. The van der Waals surface area contributed by atoms with Crippen molar-refractivity contribution in [2.24, 2.45) is 0 Å². The minimum Gasteiger partial charge on any atom is -0.308 e. The third-order valence-electron chi connectivity index (χ3n) is 6.74. The van der Waals surface area contributed by atoms with Gasteiger partial charge in [-0.3, -0.25) is 9.97 Å². The number of aromatic nitrogens is 4. The summed E-state index contributed by atoms with van der Waals surface area (Å²) in [4.78, 5) is 14.1. The molecule has 4 heterocycles. The van der Waals surface area contributed by atoms with Gasteiger partial charge in [0, 0.05) is 34.4 Å². The predicted molar refractivity (Wildman–Crippen MR) is 150 cm³/mol. The van der Waals surface area contributed by atoms with Crippen LogP contribution in [-0.4, -0.2) is 19.5 Å². The van der Waals surface area contributed by atoms with Crippen LogP contribution < -0.4 is 0 Å². The molecular formula is C33H22N4. The van der Waals surface area contributed by atoms with Crippen LogP contribution in [0.4, 0.5) is 0 Å². The van der Waals surface area contributed by atoms with Crippen molar-refractivity contribution in [3.63, 3.8) is 0 Å². The fraction of sp³-hybridized carbons (Fsp3) is 0. The molecule has 0 bridgehead atoms. The number of para-hydroxylation sites is 1. The highest BCUT2D eigenvalue weighted by Crippen LogP contribution is 2.34. The van der Waals surface area contributed by atoms with E-state index in [1.165, 1.54) is 10.8 Å². The highest BCUT2D eigenvalue weighted by molar-refractivity contribution is 6.08. The van der Waals surface area contributed by atoms with Gasteiger partial charge in [0.2, 0.25) is 0 Å². The van der Waals surface area contributed by atoms with Crippen molar-refractivity contribution in [1.29, 1.82) is 0 Å². The Morgan fingerprint density at radius 2 is 1.27 bits per heavy atom. The quantitative estimate of drug-likeness (QED) is 0.260. The highest BCUT2D eigenvalue weighted by Gasteiger charge is 2.14. The van der Waals surface area contributed by atoms with Gasteiger partial charge in [-0.2, -0.15) is 0 Å². The topological polar surface area (TPSA) is 43.6 Å². The second-order valence-electron chi connectivity index (χ2n) is 9.00. The Bertz CT molecular complexity index is 1760. The van der Waals surface area contributed by atoms with Crippen molar-refractivity contribution in [2.45, 2.75) is 0 Å². The summed E-state index contributed by atoms with van der Waals surface area (Å²) in [6.07, 6.45) is 5.60. The molecule has 0 saturated carbocycles. The summed E-state index contributed by atoms with van der Waals surface area (Å²) in [5, 5.41) is 2.41. The Kier molecular flexibility index (Phi) is 5.07. The Hall–Kier alpha value is -5.09. The molecule has 0 amide bonds. The van der Waals surface area contributed by atoms with Gasteiger partial charge in [-0.25, -0.2) is 4.98 Å². The Labute approximate surface area is 214 Å². The number of fused-ring (bicyclic) bond motifs is 3. The lowest BCUT2D eigenvalue weighted by molar-refractivity contribution is 1.16. The van der Waals surface area contributed by atoms with Crippen LogP contribution in [0.1, 0.15) is 0 Å². The van der Waals surface area contributed by atoms with E-state index in [9.17, 15) is 0 Å². The van der Waals surface area contributed by atoms with Gasteiger partial charge in [-0.1, -0.05) is 66.7 Å². The summed E-state index contributed by atoms with van der Waals surface area (Å²) in [7, 11) is 0. The number of benzene rings is 3. The molecule has 0 aliphatic carbocycles. The van der Waals surface area contributed by atoms with E-state index in [0.29, 0.717) is 0 Å². The van der Waals surface area contributed by atoms with Crippen LogP contribution in [0.15, 0.2) is 134 Å². The molecule has 4 heteroatoms. The molecule has 7 aromatic rings. The van der Waals surface area contributed by atoms with E-state index >= 15 is 0 Å². The number of rotatable bonds is 4. The molecule has 0 aliphatic rings. The normalized spacial score (nSPS) is 11.2. The van der Waals surface area contributed by atoms with E-state index in [2.05, 4.69) is 106 Å². The van der Waals surface area contributed by atoms with Gasteiger partial charge in [0.15, 0.2) is 0 Å². The van der Waals surface area contributed by atoms with Crippen LogP contribution >= 0.6 is 0 Å². The molecule has 0 saturated heterocycles. The third-order valence-corrected chi connectivity index (χ3v) is 6.74. The number of hydrogen-bond donors (Lipinski definition) is 0. The van der Waals surface area contributed by atoms with Crippen LogP contribution in [-0.2, 0) is 0 Å². The molecule has 0 spiro atoms. The highest BCUT2D eigenvalue weighted by atomic mass is 15.0. The standard InChI is InChI=1S/C33H22N4/c1-2-9-23(10-3-1)25-20-30(36-31(21-25)29-14-6-7-17-35-29)24-11-8-12-26(19-24)37-32-15-5-4-13-27(32)28-16-18-34-22-33(28)37/h1-22H. The largest absolute Gasteiger partial charge is 0.308 e. The summed E-state index contributed by atoms with van der Waals surface area (Å²) in [5.74, 6) is 0. The third kappa shape index (κ3) is 3.76. The minimum absolute atomic E-state index is 0.850. The van der Waals surface area contributed by atoms with Gasteiger partial charge in [0.05, 0.1) is 34.3 Å². The molecular weight excluding hydrogens is 452 g/mol. The Balaban J connectivity index is 1.44. The second-order valence-corrected chi connectivity index (χ2v) is 9.00. The van der Waals surface area contributed by atoms with Gasteiger partial charge in [0.1, 0.15) is 0 Å². The molecule has 4 nitrogen and oxygen atoms in total. The van der Waals surface area contributed by atoms with Crippen LogP contribution in [0.25, 0.3) is 61.3 Å². The van der Waals surface area contributed by atoms with Crippen LogP contribution in [0, 0.1) is 0 Å². The molecule has 0 fully saturated rings. The van der Waals surface area contributed by atoms with Gasteiger partial charge in [-0.15, -0.1) is 0 Å². The van der Waals surface area contributed by atoms with Crippen molar-refractivity contribution < 1.29 is 0 Å². The van der Waals surface area contributed by atoms with Crippen LogP contribution in [0.2, 0.25) is 0 Å². The van der Waals surface area contributed by atoms with Gasteiger partial charge in [-0.05, 0) is 59.7 Å². The first-order chi connectivity index (χ1) is 18.3. The van der Waals surface area contributed by atoms with Gasteiger partial charge >= 0.3 is 0 Å². The summed E-state index contributed by atoms with van der Waals surface area (Å²) < 4.78 is 2.28. The van der Waals surface area contributed by atoms with Crippen molar-refractivity contribution >= 4 is 21.8 Å². The number of hydrogen-bond acceptors (Lipinski definition) is 3. The summed E-state index contributed by atoms with van der Waals surface area (Å²) in [6.45, 7) is 0. The maximum atomic E-state index is 5.06. The van der Waals surface area contributed by atoms with E-state index in [4.69, 9.17) is 4.98 Å². The molecule has 0 atom stereocenters. The smallest absolute Gasteiger partial charge is 0.0899 e. The van der Waals surface area contributed by atoms with E-state index in [0.717, 1.165) is 50.5 Å². The summed E-state index contributed by atoms with van der Waals surface area (Å²) in [5.41, 5.74) is 9.22. The zero-order valence-electron chi connectivity index (χ0n) is 20.0. The van der Waals surface area contributed by atoms with E-state index in [-0.39, 0.29) is 0 Å². The zero-order valence-corrected chi connectivity index (χ0v) is 20.0. The molecule has 174 valence electrons. The average Bonchev–Trinajstić information content (AvgIpc) is 3.32. The number of pyridine rings is 3. The van der Waals surface area contributed by atoms with Crippen LogP contribution in [0.5, 0.6) is 0 Å². The van der Waals surface area contributed by atoms with E-state index < -0.39 is 0 Å². The number of nitrogens with zero attached hydrogens (tertiary/aromatic N) is 4. The molecule has 3 aromatic carbocycles. The molecule has 37 heavy (non-hydrogen) atoms. The molecule has 0 aliphatic heterocycles. The maximum absolute atomic E-state index is 5.06. The average molecular weight is 475 g/mol. The molecule has 0 radical (unpaired) electrons. The van der Waals surface area contributed by atoms with Crippen LogP contribution in [0.3, 0.4) is 0 Å². The molecule has 7 rings (SSSR count). The first kappa shape index (κ1) is 21.2. The summed E-state index contributed by atoms with van der Waals surface area (Å²) in [6, 6.07) is 39.8. The molecule has 0 N–H and O–H groups in total. The molecule has 4 aromatic heterocycles. The second kappa shape index (κ2) is 8.85. The zero-order chi connectivity index (χ0) is 24.6. The molecule has 0 unspecified atom stereocenters. The fourth-order valence-electron chi connectivity index (χ4n) is 5.02. The first-order valence-electron chi connectivity index (χ1n) is 12.3. The van der Waals surface area contributed by atoms with Gasteiger partial charge < -0.3 is 4.57 Å². The van der Waals surface area contributed by atoms with E-state index in [1.54, 1.807) is 0 Å².